The molecule has 1 unspecified atom stereocenters. The molecule has 1 aromatic heterocycles. The van der Waals surface area contributed by atoms with Crippen molar-refractivity contribution in [3.05, 3.63) is 14.9 Å². The van der Waals surface area contributed by atoms with Crippen molar-refractivity contribution in [1.82, 2.24) is 4.72 Å². The van der Waals surface area contributed by atoms with E-state index in [1.165, 1.54) is 6.07 Å². The van der Waals surface area contributed by atoms with Crippen molar-refractivity contribution in [1.29, 1.82) is 0 Å². The normalized spacial score (nSPS) is 13.7. The lowest BCUT2D eigenvalue weighted by molar-refractivity contribution is -0.139. The van der Waals surface area contributed by atoms with Gasteiger partial charge in [-0.2, -0.15) is 4.72 Å². The predicted octanol–water partition coefficient (Wildman–Crippen LogP) is 2.94. The summed E-state index contributed by atoms with van der Waals surface area (Å²) in [4.78, 5) is 11.1. The number of carboxylic acids is 1. The van der Waals surface area contributed by atoms with Crippen LogP contribution >= 0.6 is 38.9 Å². The van der Waals surface area contributed by atoms with Gasteiger partial charge in [0.2, 0.25) is 0 Å². The number of carbonyl (C=O) groups is 1. The van der Waals surface area contributed by atoms with Gasteiger partial charge in [-0.25, -0.2) is 8.42 Å². The van der Waals surface area contributed by atoms with Crippen molar-refractivity contribution in [2.24, 2.45) is 5.92 Å². The molecule has 5 nitrogen and oxygen atoms in total. The minimum atomic E-state index is -3.88. The molecule has 0 amide bonds. The fourth-order valence-corrected chi connectivity index (χ4v) is 4.99. The molecule has 9 heteroatoms. The molecule has 1 atom stereocenters. The average Bonchev–Trinajstić information content (AvgIpc) is 2.58. The summed E-state index contributed by atoms with van der Waals surface area (Å²) in [6.45, 7) is 3.64. The van der Waals surface area contributed by atoms with E-state index in [0.717, 1.165) is 11.3 Å². The summed E-state index contributed by atoms with van der Waals surface area (Å²) in [5.74, 6) is -1.14. The van der Waals surface area contributed by atoms with E-state index in [-0.39, 0.29) is 21.6 Å². The number of rotatable bonds is 6. The van der Waals surface area contributed by atoms with Crippen molar-refractivity contribution in [2.75, 3.05) is 0 Å². The Bertz CT molecular complexity index is 551. The molecule has 0 aliphatic heterocycles. The van der Waals surface area contributed by atoms with Crippen LogP contribution in [0.15, 0.2) is 14.1 Å². The van der Waals surface area contributed by atoms with Crippen LogP contribution in [-0.4, -0.2) is 25.5 Å². The van der Waals surface area contributed by atoms with Crippen molar-refractivity contribution in [3.8, 4) is 0 Å². The molecular formula is C10H13BrClNO4S2. The molecule has 0 fully saturated rings. The maximum Gasteiger partial charge on any atom is 0.321 e. The van der Waals surface area contributed by atoms with E-state index in [9.17, 15) is 13.2 Å². The molecule has 19 heavy (non-hydrogen) atoms. The molecule has 0 aliphatic rings. The Balaban J connectivity index is 2.97. The van der Waals surface area contributed by atoms with Gasteiger partial charge in [0.15, 0.2) is 0 Å². The van der Waals surface area contributed by atoms with Crippen LogP contribution in [0.5, 0.6) is 0 Å². The van der Waals surface area contributed by atoms with Crippen LogP contribution in [0.1, 0.15) is 20.3 Å². The van der Waals surface area contributed by atoms with Gasteiger partial charge in [0.25, 0.3) is 10.0 Å². The summed E-state index contributed by atoms with van der Waals surface area (Å²) >= 11 is 9.83. The van der Waals surface area contributed by atoms with Crippen LogP contribution in [0.4, 0.5) is 0 Å². The third-order valence-corrected chi connectivity index (χ3v) is 6.61. The first-order valence-corrected chi connectivity index (χ1v) is 8.80. The van der Waals surface area contributed by atoms with Gasteiger partial charge in [0.1, 0.15) is 10.3 Å². The maximum absolute atomic E-state index is 12.1. The fourth-order valence-electron chi connectivity index (χ4n) is 1.38. The van der Waals surface area contributed by atoms with Gasteiger partial charge in [-0.1, -0.05) is 25.4 Å². The molecule has 0 saturated carbocycles. The summed E-state index contributed by atoms with van der Waals surface area (Å²) in [6, 6.07) is 0.136. The third-order valence-electron chi connectivity index (χ3n) is 2.19. The van der Waals surface area contributed by atoms with E-state index in [4.69, 9.17) is 16.7 Å². The van der Waals surface area contributed by atoms with E-state index in [2.05, 4.69) is 20.7 Å². The fraction of sp³-hybridized carbons (Fsp3) is 0.500. The molecule has 0 spiro atoms. The van der Waals surface area contributed by atoms with Crippen molar-refractivity contribution >= 4 is 54.9 Å². The number of aliphatic carboxylic acids is 1. The second-order valence-electron chi connectivity index (χ2n) is 4.33. The number of sulfonamides is 1. The molecule has 1 heterocycles. The van der Waals surface area contributed by atoms with Crippen LogP contribution in [0.2, 0.25) is 5.02 Å². The Hall–Kier alpha value is -0.150. The Morgan fingerprint density at radius 2 is 2.16 bits per heavy atom. The molecule has 1 aromatic rings. The lowest BCUT2D eigenvalue weighted by Gasteiger charge is -2.15. The minimum Gasteiger partial charge on any atom is -0.480 e. The summed E-state index contributed by atoms with van der Waals surface area (Å²) in [7, 11) is -3.88. The van der Waals surface area contributed by atoms with Crippen LogP contribution in [0, 0.1) is 5.92 Å². The Labute approximate surface area is 129 Å². The Morgan fingerprint density at radius 3 is 2.53 bits per heavy atom. The van der Waals surface area contributed by atoms with Crippen molar-refractivity contribution < 1.29 is 18.3 Å². The van der Waals surface area contributed by atoms with Crippen LogP contribution in [0.25, 0.3) is 0 Å². The van der Waals surface area contributed by atoms with E-state index in [1.54, 1.807) is 0 Å². The number of halogens is 2. The molecule has 0 saturated heterocycles. The smallest absolute Gasteiger partial charge is 0.321 e. The van der Waals surface area contributed by atoms with E-state index in [1.807, 2.05) is 13.8 Å². The summed E-state index contributed by atoms with van der Waals surface area (Å²) in [5, 5.41) is 9.31. The Morgan fingerprint density at radius 1 is 1.58 bits per heavy atom. The first-order valence-electron chi connectivity index (χ1n) is 5.33. The summed E-state index contributed by atoms with van der Waals surface area (Å²) in [6.07, 6.45) is 0.217. The van der Waals surface area contributed by atoms with Crippen LogP contribution in [-0.2, 0) is 14.8 Å². The molecule has 108 valence electrons. The van der Waals surface area contributed by atoms with E-state index < -0.39 is 22.0 Å². The largest absolute Gasteiger partial charge is 0.480 e. The SMILES string of the molecule is CC(C)CC(NS(=O)(=O)c1cc(Cl)c(Br)s1)C(=O)O. The molecule has 0 bridgehead atoms. The highest BCUT2D eigenvalue weighted by molar-refractivity contribution is 9.11. The van der Waals surface area contributed by atoms with Gasteiger partial charge in [0, 0.05) is 0 Å². The number of thiophene rings is 1. The molecule has 0 aliphatic carbocycles. The van der Waals surface area contributed by atoms with E-state index in [0.29, 0.717) is 3.79 Å². The van der Waals surface area contributed by atoms with Gasteiger partial charge < -0.3 is 5.11 Å². The second kappa shape index (κ2) is 6.53. The van der Waals surface area contributed by atoms with E-state index >= 15 is 0 Å². The van der Waals surface area contributed by atoms with Gasteiger partial charge in [-0.15, -0.1) is 11.3 Å². The summed E-state index contributed by atoms with van der Waals surface area (Å²) < 4.78 is 26.8. The molecule has 1 rings (SSSR count). The number of nitrogens with one attached hydrogen (secondary N) is 1. The standard InChI is InChI=1S/C10H13BrClNO4S2/c1-5(2)3-7(10(14)15)13-19(16,17)8-4-6(12)9(11)18-8/h4-5,7,13H,3H2,1-2H3,(H,14,15). The first-order chi connectivity index (χ1) is 8.63. The average molecular weight is 391 g/mol. The van der Waals surface area contributed by atoms with Gasteiger partial charge >= 0.3 is 5.97 Å². The quantitative estimate of drug-likeness (QED) is 0.782. The van der Waals surface area contributed by atoms with Gasteiger partial charge in [-0.3, -0.25) is 4.79 Å². The third kappa shape index (κ3) is 4.71. The van der Waals surface area contributed by atoms with Crippen molar-refractivity contribution in [3.63, 3.8) is 0 Å². The van der Waals surface area contributed by atoms with Gasteiger partial charge in [-0.05, 0) is 34.3 Å². The molecule has 2 N–H and O–H groups in total. The maximum atomic E-state index is 12.1. The zero-order valence-electron chi connectivity index (χ0n) is 10.2. The highest BCUT2D eigenvalue weighted by Gasteiger charge is 2.27. The first kappa shape index (κ1) is 16.9. The monoisotopic (exact) mass is 389 g/mol. The lowest BCUT2D eigenvalue weighted by Crippen LogP contribution is -2.41. The van der Waals surface area contributed by atoms with Gasteiger partial charge in [0.05, 0.1) is 8.81 Å². The molecule has 0 aromatic carbocycles. The number of hydrogen-bond donors (Lipinski definition) is 2. The van der Waals surface area contributed by atoms with Crippen LogP contribution < -0.4 is 4.72 Å². The lowest BCUT2D eigenvalue weighted by atomic mass is 10.1. The van der Waals surface area contributed by atoms with Crippen molar-refractivity contribution in [2.45, 2.75) is 30.5 Å². The molecular weight excluding hydrogens is 378 g/mol. The van der Waals surface area contributed by atoms with Crippen LogP contribution in [0.3, 0.4) is 0 Å². The topological polar surface area (TPSA) is 83.5 Å². The number of hydrogen-bond acceptors (Lipinski definition) is 4. The predicted molar refractivity (Wildman–Crippen MR) is 78.2 cm³/mol. The zero-order valence-corrected chi connectivity index (χ0v) is 14.2. The second-order valence-corrected chi connectivity index (χ2v) is 9.05. The highest BCUT2D eigenvalue weighted by atomic mass is 79.9. The highest BCUT2D eigenvalue weighted by Crippen LogP contribution is 2.34. The zero-order chi connectivity index (χ0) is 14.8. The number of carboxylic acid groups (broad SMARTS) is 1. The Kier molecular flexibility index (Phi) is 5.81. The molecule has 0 radical (unpaired) electrons. The summed E-state index contributed by atoms with van der Waals surface area (Å²) in [5.41, 5.74) is 0. The minimum absolute atomic E-state index is 0.0145.